The van der Waals surface area contributed by atoms with Gasteiger partial charge < -0.3 is 9.47 Å². The molecule has 1 aliphatic heterocycles. The highest BCUT2D eigenvalue weighted by molar-refractivity contribution is 6.40. The van der Waals surface area contributed by atoms with E-state index in [2.05, 4.69) is 17.4 Å². The molecule has 4 amide bonds. The van der Waals surface area contributed by atoms with Crippen LogP contribution in [-0.2, 0) is 15.0 Å². The molecule has 38 heavy (non-hydrogen) atoms. The molecule has 5 fully saturated rings. The van der Waals surface area contributed by atoms with E-state index in [9.17, 15) is 14.4 Å². The van der Waals surface area contributed by atoms with Crippen molar-refractivity contribution in [2.45, 2.75) is 50.9 Å². The molecule has 7 rings (SSSR count). The number of amides is 4. The fourth-order valence-corrected chi connectivity index (χ4v) is 7.77. The number of hydrogen-bond donors (Lipinski definition) is 1. The van der Waals surface area contributed by atoms with Gasteiger partial charge in [-0.15, -0.1) is 0 Å². The van der Waals surface area contributed by atoms with Gasteiger partial charge in [0.05, 0.1) is 24.4 Å². The highest BCUT2D eigenvalue weighted by atomic mass is 35.5. The highest BCUT2D eigenvalue weighted by Gasteiger charge is 2.51. The summed E-state index contributed by atoms with van der Waals surface area (Å²) in [5.74, 6) is 1.86. The molecule has 4 saturated carbocycles. The Balaban J connectivity index is 1.30. The molecule has 4 aliphatic carbocycles. The van der Waals surface area contributed by atoms with E-state index in [1.165, 1.54) is 57.3 Å². The summed E-state index contributed by atoms with van der Waals surface area (Å²) < 4.78 is 10.9. The molecule has 0 spiro atoms. The second-order valence-electron chi connectivity index (χ2n) is 11.2. The lowest BCUT2D eigenvalue weighted by Gasteiger charge is -2.57. The molecule has 2 aromatic rings. The number of urea groups is 1. The van der Waals surface area contributed by atoms with Crippen LogP contribution in [0.4, 0.5) is 10.5 Å². The Morgan fingerprint density at radius 1 is 1.00 bits per heavy atom. The van der Waals surface area contributed by atoms with Crippen LogP contribution in [0.15, 0.2) is 42.0 Å². The Morgan fingerprint density at radius 3 is 2.21 bits per heavy atom. The molecule has 1 heterocycles. The van der Waals surface area contributed by atoms with Crippen LogP contribution in [0.1, 0.15) is 56.6 Å². The van der Waals surface area contributed by atoms with E-state index in [1.807, 2.05) is 19.1 Å². The smallest absolute Gasteiger partial charge is 0.335 e. The van der Waals surface area contributed by atoms with Gasteiger partial charge in [0.25, 0.3) is 11.8 Å². The van der Waals surface area contributed by atoms with Gasteiger partial charge in [0, 0.05) is 6.07 Å². The van der Waals surface area contributed by atoms with Crippen molar-refractivity contribution in [2.24, 2.45) is 17.8 Å². The quantitative estimate of drug-likeness (QED) is 0.369. The summed E-state index contributed by atoms with van der Waals surface area (Å²) in [7, 11) is 1.50. The minimum Gasteiger partial charge on any atom is -0.493 e. The number of carbonyl (C=O) groups excluding carboxylic acids is 3. The lowest BCUT2D eigenvalue weighted by atomic mass is 9.48. The van der Waals surface area contributed by atoms with Gasteiger partial charge in [0.15, 0.2) is 11.5 Å². The third-order valence-electron chi connectivity index (χ3n) is 8.76. The molecular weight excluding hydrogens is 504 g/mol. The number of rotatable bonds is 6. The number of ether oxygens (including phenoxy) is 2. The molecule has 1 saturated heterocycles. The Kier molecular flexibility index (Phi) is 6.22. The predicted octanol–water partition coefficient (Wildman–Crippen LogP) is 5.88. The molecule has 1 N–H and O–H groups in total. The van der Waals surface area contributed by atoms with Gasteiger partial charge in [-0.1, -0.05) is 23.7 Å². The zero-order valence-corrected chi connectivity index (χ0v) is 22.3. The zero-order chi connectivity index (χ0) is 26.6. The fourth-order valence-electron chi connectivity index (χ4n) is 7.57. The highest BCUT2D eigenvalue weighted by Crippen LogP contribution is 2.60. The monoisotopic (exact) mass is 534 g/mol. The molecule has 198 valence electrons. The third kappa shape index (κ3) is 4.17. The van der Waals surface area contributed by atoms with Crippen molar-refractivity contribution in [1.29, 1.82) is 0 Å². The largest absolute Gasteiger partial charge is 0.493 e. The number of benzene rings is 2. The van der Waals surface area contributed by atoms with E-state index in [0.29, 0.717) is 29.4 Å². The Labute approximate surface area is 227 Å². The van der Waals surface area contributed by atoms with Crippen LogP contribution in [0.25, 0.3) is 6.08 Å². The third-order valence-corrected chi connectivity index (χ3v) is 9.09. The molecule has 5 aliphatic rings. The van der Waals surface area contributed by atoms with Crippen LogP contribution < -0.4 is 19.7 Å². The zero-order valence-electron chi connectivity index (χ0n) is 21.6. The number of anilines is 1. The standard InChI is InChI=1S/C30H31ClN2O5/c1-3-38-26-12-20(24(31)13-25(26)37-2)11-23-27(34)32-29(36)33(28(23)35)22-6-4-21(5-7-22)30-14-17-8-18(15-30)10-19(9-17)16-30/h4-7,11-13,17-19H,3,8-10,14-16H2,1-2H3,(H,32,34,36)/b23-11+. The van der Waals surface area contributed by atoms with E-state index in [4.69, 9.17) is 21.1 Å². The predicted molar refractivity (Wildman–Crippen MR) is 144 cm³/mol. The first kappa shape index (κ1) is 25.0. The summed E-state index contributed by atoms with van der Waals surface area (Å²) in [6, 6.07) is 10.2. The lowest BCUT2D eigenvalue weighted by Crippen LogP contribution is -2.54. The number of imide groups is 2. The second kappa shape index (κ2) is 9.45. The van der Waals surface area contributed by atoms with Crippen LogP contribution in [0, 0.1) is 17.8 Å². The van der Waals surface area contributed by atoms with Gasteiger partial charge in [-0.2, -0.15) is 0 Å². The molecule has 2 aromatic carbocycles. The fraction of sp³-hybridized carbons (Fsp3) is 0.433. The Bertz CT molecular complexity index is 1310. The van der Waals surface area contributed by atoms with Crippen LogP contribution in [0.2, 0.25) is 5.02 Å². The van der Waals surface area contributed by atoms with Crippen molar-refractivity contribution in [1.82, 2.24) is 5.32 Å². The van der Waals surface area contributed by atoms with Crippen LogP contribution in [0.5, 0.6) is 11.5 Å². The molecular formula is C30H31ClN2O5. The van der Waals surface area contributed by atoms with E-state index in [1.54, 1.807) is 12.1 Å². The molecule has 7 nitrogen and oxygen atoms in total. The number of hydrogen-bond acceptors (Lipinski definition) is 5. The van der Waals surface area contributed by atoms with E-state index in [-0.39, 0.29) is 16.0 Å². The topological polar surface area (TPSA) is 84.9 Å². The van der Waals surface area contributed by atoms with Crippen LogP contribution in [-0.4, -0.2) is 31.6 Å². The summed E-state index contributed by atoms with van der Waals surface area (Å²) in [6.07, 6.45) is 9.18. The average Bonchev–Trinajstić information content (AvgIpc) is 2.87. The normalized spacial score (nSPS) is 29.1. The number of nitrogens with zero attached hydrogens (tertiary/aromatic N) is 1. The van der Waals surface area contributed by atoms with Crippen molar-refractivity contribution in [3.63, 3.8) is 0 Å². The van der Waals surface area contributed by atoms with Crippen molar-refractivity contribution in [3.05, 3.63) is 58.1 Å². The summed E-state index contributed by atoms with van der Waals surface area (Å²) in [5.41, 5.74) is 2.15. The molecule has 0 aromatic heterocycles. The van der Waals surface area contributed by atoms with E-state index < -0.39 is 17.8 Å². The summed E-state index contributed by atoms with van der Waals surface area (Å²) >= 11 is 6.42. The van der Waals surface area contributed by atoms with Crippen molar-refractivity contribution in [2.75, 3.05) is 18.6 Å². The van der Waals surface area contributed by atoms with E-state index in [0.717, 1.165) is 22.7 Å². The van der Waals surface area contributed by atoms with E-state index >= 15 is 0 Å². The van der Waals surface area contributed by atoms with Crippen LogP contribution >= 0.6 is 11.6 Å². The maximum atomic E-state index is 13.5. The maximum absolute atomic E-state index is 13.5. The van der Waals surface area contributed by atoms with Gasteiger partial charge in [-0.3, -0.25) is 14.9 Å². The molecule has 0 atom stereocenters. The molecule has 0 unspecified atom stereocenters. The summed E-state index contributed by atoms with van der Waals surface area (Å²) in [6.45, 7) is 2.23. The Morgan fingerprint density at radius 2 is 1.63 bits per heavy atom. The van der Waals surface area contributed by atoms with Crippen LogP contribution in [0.3, 0.4) is 0 Å². The first-order valence-corrected chi connectivity index (χ1v) is 13.7. The average molecular weight is 535 g/mol. The van der Waals surface area contributed by atoms with Gasteiger partial charge >= 0.3 is 6.03 Å². The number of halogens is 1. The van der Waals surface area contributed by atoms with Gasteiger partial charge in [-0.25, -0.2) is 9.69 Å². The molecule has 0 radical (unpaired) electrons. The van der Waals surface area contributed by atoms with Gasteiger partial charge in [-0.05, 0) is 104 Å². The van der Waals surface area contributed by atoms with Crippen molar-refractivity contribution >= 4 is 41.2 Å². The Hall–Kier alpha value is -3.32. The molecule has 4 bridgehead atoms. The number of nitrogens with one attached hydrogen (secondary N) is 1. The minimum absolute atomic E-state index is 0.190. The van der Waals surface area contributed by atoms with Gasteiger partial charge in [0.2, 0.25) is 0 Å². The first-order chi connectivity index (χ1) is 18.3. The van der Waals surface area contributed by atoms with Crippen molar-refractivity contribution in [3.8, 4) is 11.5 Å². The van der Waals surface area contributed by atoms with Crippen molar-refractivity contribution < 1.29 is 23.9 Å². The number of barbiturate groups is 1. The minimum atomic E-state index is -0.772. The number of carbonyl (C=O) groups is 3. The second-order valence-corrected chi connectivity index (χ2v) is 11.6. The first-order valence-electron chi connectivity index (χ1n) is 13.3. The summed E-state index contributed by atoms with van der Waals surface area (Å²) in [4.78, 5) is 40.0. The number of methoxy groups -OCH3 is 1. The summed E-state index contributed by atoms with van der Waals surface area (Å²) in [5, 5.41) is 2.57. The lowest BCUT2D eigenvalue weighted by molar-refractivity contribution is -0.122. The maximum Gasteiger partial charge on any atom is 0.335 e. The van der Waals surface area contributed by atoms with Gasteiger partial charge in [0.1, 0.15) is 5.57 Å². The molecule has 8 heteroatoms. The SMILES string of the molecule is CCOc1cc(/C=C2\C(=O)NC(=O)N(c3ccc(C45CC6CC(CC(C6)C4)C5)cc3)C2=O)c(Cl)cc1OC.